The summed E-state index contributed by atoms with van der Waals surface area (Å²) < 4.78 is 1.96. The Kier molecular flexibility index (Phi) is 2.34. The van der Waals surface area contributed by atoms with Crippen LogP contribution in [-0.4, -0.2) is 9.78 Å². The smallest absolute Gasteiger partial charge is 0.131 e. The maximum atomic E-state index is 6.33. The quantitative estimate of drug-likeness (QED) is 0.646. The van der Waals surface area contributed by atoms with Crippen molar-refractivity contribution in [1.82, 2.24) is 9.78 Å². The third kappa shape index (κ3) is 1.56. The third-order valence-corrected chi connectivity index (χ3v) is 3.12. The number of aryl methyl sites for hydroxylation is 1. The normalized spacial score (nSPS) is 16.9. The third-order valence-electron chi connectivity index (χ3n) is 2.73. The molecule has 2 rings (SSSR count). The van der Waals surface area contributed by atoms with Gasteiger partial charge >= 0.3 is 0 Å². The first-order valence-corrected chi connectivity index (χ1v) is 5.64. The van der Waals surface area contributed by atoms with Crippen LogP contribution >= 0.6 is 11.6 Å². The highest BCUT2D eigenvalue weighted by Crippen LogP contribution is 2.31. The molecule has 78 valence electrons. The standard InChI is InChI=1S/C11H17ClN2/c1-11(2,3)14-10(12)8-6-4-5-7-9(8)13-14/h4-7H2,1-3H3. The van der Waals surface area contributed by atoms with Crippen LogP contribution in [0.4, 0.5) is 0 Å². The Morgan fingerprint density at radius 1 is 1.21 bits per heavy atom. The fourth-order valence-corrected chi connectivity index (χ4v) is 2.45. The molecule has 0 atom stereocenters. The van der Waals surface area contributed by atoms with Gasteiger partial charge in [-0.1, -0.05) is 11.6 Å². The van der Waals surface area contributed by atoms with E-state index >= 15 is 0 Å². The molecule has 0 saturated carbocycles. The minimum absolute atomic E-state index is 0.00553. The van der Waals surface area contributed by atoms with Crippen molar-refractivity contribution in [3.8, 4) is 0 Å². The molecule has 2 nitrogen and oxygen atoms in total. The first-order valence-electron chi connectivity index (χ1n) is 5.27. The van der Waals surface area contributed by atoms with Crippen molar-refractivity contribution in [2.45, 2.75) is 52.0 Å². The summed E-state index contributed by atoms with van der Waals surface area (Å²) in [4.78, 5) is 0. The van der Waals surface area contributed by atoms with Gasteiger partial charge in [-0.25, -0.2) is 4.68 Å². The van der Waals surface area contributed by atoms with E-state index in [1.807, 2.05) is 4.68 Å². The van der Waals surface area contributed by atoms with Gasteiger partial charge in [-0.05, 0) is 46.5 Å². The van der Waals surface area contributed by atoms with Crippen LogP contribution in [0.25, 0.3) is 0 Å². The zero-order valence-corrected chi connectivity index (χ0v) is 9.86. The predicted octanol–water partition coefficient (Wildman–Crippen LogP) is 3.17. The second-order valence-corrected chi connectivity index (χ2v) is 5.36. The number of aromatic nitrogens is 2. The Labute approximate surface area is 90.3 Å². The Balaban J connectivity index is 2.49. The van der Waals surface area contributed by atoms with E-state index in [1.54, 1.807) is 0 Å². The molecule has 0 bridgehead atoms. The van der Waals surface area contributed by atoms with Crippen LogP contribution in [0.2, 0.25) is 5.15 Å². The molecule has 0 N–H and O–H groups in total. The van der Waals surface area contributed by atoms with Crippen LogP contribution in [0.1, 0.15) is 44.9 Å². The molecule has 0 aromatic carbocycles. The average molecular weight is 213 g/mol. The summed E-state index contributed by atoms with van der Waals surface area (Å²) in [6.45, 7) is 6.41. The molecule has 0 aliphatic heterocycles. The predicted molar refractivity (Wildman–Crippen MR) is 58.9 cm³/mol. The summed E-state index contributed by atoms with van der Waals surface area (Å²) in [5, 5.41) is 5.46. The van der Waals surface area contributed by atoms with Crippen molar-refractivity contribution >= 4 is 11.6 Å². The molecule has 0 amide bonds. The van der Waals surface area contributed by atoms with Gasteiger partial charge in [0.05, 0.1) is 11.2 Å². The molecule has 1 aliphatic carbocycles. The van der Waals surface area contributed by atoms with Crippen molar-refractivity contribution < 1.29 is 0 Å². The van der Waals surface area contributed by atoms with Gasteiger partial charge in [0.1, 0.15) is 5.15 Å². The van der Waals surface area contributed by atoms with Crippen LogP contribution in [0, 0.1) is 0 Å². The first kappa shape index (κ1) is 10.0. The Morgan fingerprint density at radius 2 is 1.86 bits per heavy atom. The molecule has 0 radical (unpaired) electrons. The highest BCUT2D eigenvalue weighted by atomic mass is 35.5. The lowest BCUT2D eigenvalue weighted by Crippen LogP contribution is -2.23. The molecule has 1 aromatic rings. The van der Waals surface area contributed by atoms with E-state index in [9.17, 15) is 0 Å². The van der Waals surface area contributed by atoms with E-state index in [0.717, 1.165) is 18.0 Å². The number of rotatable bonds is 0. The lowest BCUT2D eigenvalue weighted by atomic mass is 9.98. The average Bonchev–Trinajstić information content (AvgIpc) is 2.44. The molecule has 0 unspecified atom stereocenters. The van der Waals surface area contributed by atoms with Gasteiger partial charge in [0, 0.05) is 5.56 Å². The van der Waals surface area contributed by atoms with Crippen LogP contribution < -0.4 is 0 Å². The molecule has 1 heterocycles. The van der Waals surface area contributed by atoms with Crippen molar-refractivity contribution in [3.63, 3.8) is 0 Å². The maximum absolute atomic E-state index is 6.33. The second kappa shape index (κ2) is 3.27. The van der Waals surface area contributed by atoms with Crippen molar-refractivity contribution in [1.29, 1.82) is 0 Å². The molecule has 3 heteroatoms. The zero-order valence-electron chi connectivity index (χ0n) is 9.10. The van der Waals surface area contributed by atoms with E-state index in [4.69, 9.17) is 11.6 Å². The molecular weight excluding hydrogens is 196 g/mol. The summed E-state index contributed by atoms with van der Waals surface area (Å²) in [5.41, 5.74) is 2.50. The highest BCUT2D eigenvalue weighted by molar-refractivity contribution is 6.30. The van der Waals surface area contributed by atoms with Crippen molar-refractivity contribution in [2.24, 2.45) is 0 Å². The summed E-state index contributed by atoms with van der Waals surface area (Å²) in [7, 11) is 0. The summed E-state index contributed by atoms with van der Waals surface area (Å²) in [6.07, 6.45) is 4.70. The van der Waals surface area contributed by atoms with Crippen LogP contribution in [0.5, 0.6) is 0 Å². The molecule has 0 fully saturated rings. The van der Waals surface area contributed by atoms with Crippen molar-refractivity contribution in [3.05, 3.63) is 16.4 Å². The molecule has 14 heavy (non-hydrogen) atoms. The summed E-state index contributed by atoms with van der Waals surface area (Å²) >= 11 is 6.33. The monoisotopic (exact) mass is 212 g/mol. The minimum atomic E-state index is -0.00553. The Morgan fingerprint density at radius 3 is 2.43 bits per heavy atom. The van der Waals surface area contributed by atoms with E-state index in [0.29, 0.717) is 0 Å². The summed E-state index contributed by atoms with van der Waals surface area (Å²) in [5.74, 6) is 0. The number of nitrogens with zero attached hydrogens (tertiary/aromatic N) is 2. The Bertz CT molecular complexity index is 347. The number of fused-ring (bicyclic) bond motifs is 1. The van der Waals surface area contributed by atoms with Crippen LogP contribution in [0.3, 0.4) is 0 Å². The Hall–Kier alpha value is -0.500. The first-order chi connectivity index (χ1) is 6.50. The SMILES string of the molecule is CC(C)(C)n1nc2c(c1Cl)CCCC2. The van der Waals surface area contributed by atoms with Gasteiger partial charge in [-0.15, -0.1) is 0 Å². The van der Waals surface area contributed by atoms with Gasteiger partial charge in [-0.2, -0.15) is 5.10 Å². The van der Waals surface area contributed by atoms with Crippen LogP contribution in [-0.2, 0) is 18.4 Å². The maximum Gasteiger partial charge on any atom is 0.131 e. The second-order valence-electron chi connectivity index (χ2n) is 5.01. The number of hydrogen-bond acceptors (Lipinski definition) is 1. The fraction of sp³-hybridized carbons (Fsp3) is 0.727. The van der Waals surface area contributed by atoms with Gasteiger partial charge < -0.3 is 0 Å². The van der Waals surface area contributed by atoms with Gasteiger partial charge in [0.25, 0.3) is 0 Å². The number of hydrogen-bond donors (Lipinski definition) is 0. The molecular formula is C11H17ClN2. The molecule has 0 saturated heterocycles. The van der Waals surface area contributed by atoms with Gasteiger partial charge in [-0.3, -0.25) is 0 Å². The number of halogens is 1. The molecule has 0 spiro atoms. The largest absolute Gasteiger partial charge is 0.248 e. The van der Waals surface area contributed by atoms with Gasteiger partial charge in [0.15, 0.2) is 0 Å². The summed E-state index contributed by atoms with van der Waals surface area (Å²) in [6, 6.07) is 0. The topological polar surface area (TPSA) is 17.8 Å². The highest BCUT2D eigenvalue weighted by Gasteiger charge is 2.24. The zero-order chi connectivity index (χ0) is 10.3. The lowest BCUT2D eigenvalue weighted by molar-refractivity contribution is 0.354. The fourth-order valence-electron chi connectivity index (χ4n) is 1.96. The van der Waals surface area contributed by atoms with E-state index in [2.05, 4.69) is 25.9 Å². The van der Waals surface area contributed by atoms with E-state index in [-0.39, 0.29) is 5.54 Å². The van der Waals surface area contributed by atoms with E-state index in [1.165, 1.54) is 24.1 Å². The van der Waals surface area contributed by atoms with E-state index < -0.39 is 0 Å². The van der Waals surface area contributed by atoms with Gasteiger partial charge in [0.2, 0.25) is 0 Å². The lowest BCUT2D eigenvalue weighted by Gasteiger charge is -2.20. The minimum Gasteiger partial charge on any atom is -0.248 e. The van der Waals surface area contributed by atoms with Crippen LogP contribution in [0.15, 0.2) is 0 Å². The molecule has 1 aromatic heterocycles. The molecule has 1 aliphatic rings. The van der Waals surface area contributed by atoms with Crippen molar-refractivity contribution in [2.75, 3.05) is 0 Å².